The second kappa shape index (κ2) is 4.10. The van der Waals surface area contributed by atoms with E-state index in [1.807, 2.05) is 0 Å². The van der Waals surface area contributed by atoms with Gasteiger partial charge in [-0.2, -0.15) is 4.39 Å². The third-order valence-corrected chi connectivity index (χ3v) is 2.54. The lowest BCUT2D eigenvalue weighted by Crippen LogP contribution is -2.25. The van der Waals surface area contributed by atoms with E-state index < -0.39 is 22.5 Å². The van der Waals surface area contributed by atoms with Gasteiger partial charge in [-0.1, -0.05) is 0 Å². The molecule has 0 aliphatic carbocycles. The Kier molecular flexibility index (Phi) is 2.76. The lowest BCUT2D eigenvalue weighted by Gasteiger charge is -2.15. The van der Waals surface area contributed by atoms with Gasteiger partial charge in [0.15, 0.2) is 0 Å². The van der Waals surface area contributed by atoms with Crippen LogP contribution in [0.15, 0.2) is 18.2 Å². The van der Waals surface area contributed by atoms with E-state index >= 15 is 0 Å². The van der Waals surface area contributed by atoms with Crippen molar-refractivity contribution in [3.05, 3.63) is 34.1 Å². The van der Waals surface area contributed by atoms with Gasteiger partial charge in [0.1, 0.15) is 0 Å². The fraction of sp³-hybridized carbons (Fsp3) is 0.300. The lowest BCUT2D eigenvalue weighted by atomic mass is 10.2. The number of nitro benzene ring substituents is 1. The van der Waals surface area contributed by atoms with E-state index in [1.165, 1.54) is 11.0 Å². The van der Waals surface area contributed by atoms with E-state index in [4.69, 9.17) is 0 Å². The molecule has 2 rings (SSSR count). The molecule has 0 saturated carbocycles. The van der Waals surface area contributed by atoms with Crippen molar-refractivity contribution in [3.8, 4) is 0 Å². The molecule has 1 fully saturated rings. The van der Waals surface area contributed by atoms with Gasteiger partial charge in [0.2, 0.25) is 11.7 Å². The molecule has 1 atom stereocenters. The molecule has 90 valence electrons. The zero-order valence-electron chi connectivity index (χ0n) is 8.67. The number of hydrogen-bond donors (Lipinski definition) is 1. The lowest BCUT2D eigenvalue weighted by molar-refractivity contribution is -0.387. The minimum absolute atomic E-state index is 0.0153. The van der Waals surface area contributed by atoms with Gasteiger partial charge in [0.05, 0.1) is 24.0 Å². The Labute approximate surface area is 95.4 Å². The molecule has 1 aromatic carbocycles. The molecule has 1 aliphatic rings. The highest BCUT2D eigenvalue weighted by atomic mass is 19.1. The van der Waals surface area contributed by atoms with Gasteiger partial charge in [-0.05, 0) is 6.07 Å². The van der Waals surface area contributed by atoms with E-state index in [-0.39, 0.29) is 24.6 Å². The molecule has 0 aromatic heterocycles. The maximum Gasteiger partial charge on any atom is 0.304 e. The normalized spacial score (nSPS) is 19.8. The molecule has 7 heteroatoms. The molecule has 0 spiro atoms. The summed E-state index contributed by atoms with van der Waals surface area (Å²) in [5.41, 5.74) is -0.421. The summed E-state index contributed by atoms with van der Waals surface area (Å²) in [5, 5.41) is 19.7. The van der Waals surface area contributed by atoms with Crippen molar-refractivity contribution in [1.82, 2.24) is 0 Å². The first-order valence-corrected chi connectivity index (χ1v) is 4.91. The number of rotatable bonds is 2. The van der Waals surface area contributed by atoms with Crippen LogP contribution >= 0.6 is 0 Å². The summed E-state index contributed by atoms with van der Waals surface area (Å²) in [6, 6.07) is 3.22. The molecule has 0 bridgehead atoms. The summed E-state index contributed by atoms with van der Waals surface area (Å²) in [6.07, 6.45) is -0.792. The fourth-order valence-corrected chi connectivity index (χ4v) is 1.75. The highest BCUT2D eigenvalue weighted by Gasteiger charge is 2.30. The number of aliphatic hydroxyl groups is 1. The van der Waals surface area contributed by atoms with E-state index in [9.17, 15) is 24.4 Å². The SMILES string of the molecule is O=C1CC(O)CN1c1ccc([N+](=O)[O-])c(F)c1. The van der Waals surface area contributed by atoms with Crippen molar-refractivity contribution in [2.75, 3.05) is 11.4 Å². The molecule has 1 aliphatic heterocycles. The number of β-amino-alcohol motifs (C(OH)–C–C–N with tert-alkyl or cyclic N) is 1. The number of halogens is 1. The van der Waals surface area contributed by atoms with Gasteiger partial charge in [0, 0.05) is 17.8 Å². The third kappa shape index (κ3) is 2.09. The van der Waals surface area contributed by atoms with Crippen LogP contribution in [-0.2, 0) is 4.79 Å². The van der Waals surface area contributed by atoms with Gasteiger partial charge < -0.3 is 10.0 Å². The number of nitrogens with zero attached hydrogens (tertiary/aromatic N) is 2. The molecular weight excluding hydrogens is 231 g/mol. The quantitative estimate of drug-likeness (QED) is 0.613. The Bertz CT molecular complexity index is 491. The Balaban J connectivity index is 2.32. The van der Waals surface area contributed by atoms with Crippen LogP contribution < -0.4 is 4.90 Å². The fourth-order valence-electron chi connectivity index (χ4n) is 1.75. The van der Waals surface area contributed by atoms with Gasteiger partial charge in [-0.3, -0.25) is 14.9 Å². The number of benzene rings is 1. The number of anilines is 1. The first kappa shape index (κ1) is 11.5. The molecule has 17 heavy (non-hydrogen) atoms. The highest BCUT2D eigenvalue weighted by molar-refractivity contribution is 5.96. The Morgan fingerprint density at radius 3 is 2.71 bits per heavy atom. The number of aliphatic hydroxyl groups excluding tert-OH is 1. The van der Waals surface area contributed by atoms with Crippen molar-refractivity contribution in [2.24, 2.45) is 0 Å². The number of carbonyl (C=O) groups is 1. The Morgan fingerprint density at radius 2 is 2.24 bits per heavy atom. The van der Waals surface area contributed by atoms with Crippen molar-refractivity contribution in [1.29, 1.82) is 0 Å². The minimum Gasteiger partial charge on any atom is -0.391 e. The second-order valence-corrected chi connectivity index (χ2v) is 3.76. The monoisotopic (exact) mass is 240 g/mol. The number of hydrogen-bond acceptors (Lipinski definition) is 4. The summed E-state index contributed by atoms with van der Waals surface area (Å²) >= 11 is 0. The largest absolute Gasteiger partial charge is 0.391 e. The predicted octanol–water partition coefficient (Wildman–Crippen LogP) is 0.832. The van der Waals surface area contributed by atoms with E-state index in [0.29, 0.717) is 0 Å². The summed E-state index contributed by atoms with van der Waals surface area (Å²) in [4.78, 5) is 22.2. The predicted molar refractivity (Wildman–Crippen MR) is 56.0 cm³/mol. The summed E-state index contributed by atoms with van der Waals surface area (Å²) in [6.45, 7) is 0.0794. The van der Waals surface area contributed by atoms with Crippen molar-refractivity contribution >= 4 is 17.3 Å². The van der Waals surface area contributed by atoms with Crippen LogP contribution in [0.3, 0.4) is 0 Å². The minimum atomic E-state index is -0.998. The highest BCUT2D eigenvalue weighted by Crippen LogP contribution is 2.26. The smallest absolute Gasteiger partial charge is 0.304 e. The van der Waals surface area contributed by atoms with Crippen LogP contribution in [0.2, 0.25) is 0 Å². The van der Waals surface area contributed by atoms with Crippen LogP contribution in [0.4, 0.5) is 15.8 Å². The van der Waals surface area contributed by atoms with E-state index in [1.54, 1.807) is 0 Å². The molecule has 1 amide bonds. The number of amides is 1. The first-order valence-electron chi connectivity index (χ1n) is 4.91. The van der Waals surface area contributed by atoms with Crippen molar-refractivity contribution in [2.45, 2.75) is 12.5 Å². The number of nitro groups is 1. The second-order valence-electron chi connectivity index (χ2n) is 3.76. The molecular formula is C10H9FN2O4. The van der Waals surface area contributed by atoms with Gasteiger partial charge in [-0.25, -0.2) is 0 Å². The summed E-state index contributed by atoms with van der Waals surface area (Å²) in [5.74, 6) is -1.33. The van der Waals surface area contributed by atoms with Gasteiger partial charge in [0.25, 0.3) is 0 Å². The maximum atomic E-state index is 13.3. The number of carbonyl (C=O) groups excluding carboxylic acids is 1. The third-order valence-electron chi connectivity index (χ3n) is 2.54. The van der Waals surface area contributed by atoms with Crippen LogP contribution in [0.5, 0.6) is 0 Å². The zero-order chi connectivity index (χ0) is 12.6. The average molecular weight is 240 g/mol. The van der Waals surface area contributed by atoms with Crippen LogP contribution in [-0.4, -0.2) is 28.6 Å². The summed E-state index contributed by atoms with van der Waals surface area (Å²) < 4.78 is 13.3. The maximum absolute atomic E-state index is 13.3. The molecule has 1 N–H and O–H groups in total. The molecule has 1 unspecified atom stereocenters. The van der Waals surface area contributed by atoms with Crippen molar-refractivity contribution in [3.63, 3.8) is 0 Å². The van der Waals surface area contributed by atoms with Crippen molar-refractivity contribution < 1.29 is 19.2 Å². The van der Waals surface area contributed by atoms with Crippen LogP contribution in [0.25, 0.3) is 0 Å². The van der Waals surface area contributed by atoms with Crippen LogP contribution in [0.1, 0.15) is 6.42 Å². The van der Waals surface area contributed by atoms with E-state index in [2.05, 4.69) is 0 Å². The molecule has 1 saturated heterocycles. The molecule has 0 radical (unpaired) electrons. The average Bonchev–Trinajstić information content (AvgIpc) is 2.57. The molecule has 6 nitrogen and oxygen atoms in total. The molecule has 1 heterocycles. The Hall–Kier alpha value is -2.02. The van der Waals surface area contributed by atoms with Crippen LogP contribution in [0, 0.1) is 15.9 Å². The van der Waals surface area contributed by atoms with Gasteiger partial charge >= 0.3 is 5.69 Å². The topological polar surface area (TPSA) is 83.7 Å². The molecule has 1 aromatic rings. The standard InChI is InChI=1S/C10H9FN2O4/c11-8-3-6(1-2-9(8)13(16)17)12-5-7(14)4-10(12)15/h1-3,7,14H,4-5H2. The Morgan fingerprint density at radius 1 is 1.53 bits per heavy atom. The van der Waals surface area contributed by atoms with Gasteiger partial charge in [-0.15, -0.1) is 0 Å². The van der Waals surface area contributed by atoms with E-state index in [0.717, 1.165) is 12.1 Å². The zero-order valence-corrected chi connectivity index (χ0v) is 8.67. The first-order chi connectivity index (χ1) is 7.99. The summed E-state index contributed by atoms with van der Waals surface area (Å²) in [7, 11) is 0.